The molecule has 1 atom stereocenters. The minimum Gasteiger partial charge on any atom is -0.390 e. The number of hydrogen-bond acceptors (Lipinski definition) is 5. The molecular weight excluding hydrogens is 324 g/mol. The molecule has 0 saturated carbocycles. The van der Waals surface area contributed by atoms with Crippen molar-refractivity contribution >= 4 is 11.8 Å². The number of carbonyl (C=O) groups excluding carboxylic acids is 1. The average Bonchev–Trinajstić information content (AvgIpc) is 2.56. The van der Waals surface area contributed by atoms with Crippen molar-refractivity contribution < 1.29 is 18.7 Å². The lowest BCUT2D eigenvalue weighted by Gasteiger charge is -2.33. The molecule has 10 heteroatoms. The molecule has 0 unspecified atom stereocenters. The van der Waals surface area contributed by atoms with E-state index >= 15 is 0 Å². The Morgan fingerprint density at radius 3 is 3.00 bits per heavy atom. The minimum absolute atomic E-state index is 0.231. The van der Waals surface area contributed by atoms with Crippen LogP contribution in [0, 0.1) is 0 Å². The Morgan fingerprint density at radius 2 is 2.29 bits per heavy atom. The fourth-order valence-electron chi connectivity index (χ4n) is 2.49. The summed E-state index contributed by atoms with van der Waals surface area (Å²) in [7, 11) is 1.63. The van der Waals surface area contributed by atoms with Gasteiger partial charge in [-0.3, -0.25) is 4.79 Å². The number of aryl methyl sites for hydroxylation is 1. The van der Waals surface area contributed by atoms with Gasteiger partial charge in [-0.1, -0.05) is 0 Å². The maximum atomic E-state index is 12.9. The topological polar surface area (TPSA) is 99.5 Å². The normalized spacial score (nSPS) is 18.3. The molecule has 1 aromatic rings. The van der Waals surface area contributed by atoms with Gasteiger partial charge in [0.15, 0.2) is 5.82 Å². The predicted octanol–water partition coefficient (Wildman–Crippen LogP) is -0.324. The van der Waals surface area contributed by atoms with Crippen LogP contribution in [0.25, 0.3) is 0 Å². The van der Waals surface area contributed by atoms with E-state index in [2.05, 4.69) is 10.3 Å². The van der Waals surface area contributed by atoms with Gasteiger partial charge >= 0.3 is 6.03 Å². The summed E-state index contributed by atoms with van der Waals surface area (Å²) in [6, 6.07) is -1.02. The first-order valence-electron chi connectivity index (χ1n) is 7.62. The van der Waals surface area contributed by atoms with Crippen molar-refractivity contribution in [3.8, 4) is 0 Å². The van der Waals surface area contributed by atoms with Gasteiger partial charge in [-0.15, -0.1) is 0 Å². The standard InChI is InChI=1S/C14H21F2N5O3/c1-20-6-4-17-11(12(20)23)21-5-2-3-10(7-21)19-13(24)18-8-14(15,16)9-22/h4,6,10,22H,2-3,5,7-9H2,1H3,(H2,18,19,24)/t10-/m1/s1. The van der Waals surface area contributed by atoms with Gasteiger partial charge in [0.1, 0.15) is 6.61 Å². The maximum absolute atomic E-state index is 12.9. The highest BCUT2D eigenvalue weighted by molar-refractivity contribution is 5.74. The van der Waals surface area contributed by atoms with Gasteiger partial charge in [-0.05, 0) is 12.8 Å². The number of aromatic nitrogens is 2. The Morgan fingerprint density at radius 1 is 1.54 bits per heavy atom. The summed E-state index contributed by atoms with van der Waals surface area (Å²) in [6.07, 6.45) is 4.49. The molecule has 2 amide bonds. The molecule has 3 N–H and O–H groups in total. The Kier molecular flexibility index (Phi) is 5.71. The second-order valence-corrected chi connectivity index (χ2v) is 5.79. The third kappa shape index (κ3) is 4.63. The highest BCUT2D eigenvalue weighted by Gasteiger charge is 2.29. The Bertz CT molecular complexity index is 637. The van der Waals surface area contributed by atoms with Gasteiger partial charge in [0, 0.05) is 38.6 Å². The highest BCUT2D eigenvalue weighted by atomic mass is 19.3. The molecule has 1 aromatic heterocycles. The van der Waals surface area contributed by atoms with Crippen LogP contribution in [-0.4, -0.2) is 58.9 Å². The number of alkyl halides is 2. The number of halogens is 2. The van der Waals surface area contributed by atoms with Crippen LogP contribution in [0.4, 0.5) is 19.4 Å². The number of carbonyl (C=O) groups is 1. The van der Waals surface area contributed by atoms with Gasteiger partial charge in [0.2, 0.25) is 0 Å². The second-order valence-electron chi connectivity index (χ2n) is 5.79. The van der Waals surface area contributed by atoms with Crippen LogP contribution in [0.5, 0.6) is 0 Å². The monoisotopic (exact) mass is 345 g/mol. The molecule has 24 heavy (non-hydrogen) atoms. The zero-order chi connectivity index (χ0) is 17.7. The molecule has 0 radical (unpaired) electrons. The first-order chi connectivity index (χ1) is 11.3. The van der Waals surface area contributed by atoms with Crippen LogP contribution in [0.3, 0.4) is 0 Å². The molecule has 0 aromatic carbocycles. The second kappa shape index (κ2) is 7.56. The lowest BCUT2D eigenvalue weighted by Crippen LogP contribution is -2.53. The van der Waals surface area contributed by atoms with Crippen LogP contribution < -0.4 is 21.1 Å². The van der Waals surface area contributed by atoms with Crippen molar-refractivity contribution in [3.63, 3.8) is 0 Å². The third-order valence-corrected chi connectivity index (χ3v) is 3.79. The SMILES string of the molecule is Cn1ccnc(N2CCC[C@@H](NC(=O)NCC(F)(F)CO)C2)c1=O. The molecule has 134 valence electrons. The maximum Gasteiger partial charge on any atom is 0.315 e. The summed E-state index contributed by atoms with van der Waals surface area (Å²) in [4.78, 5) is 29.7. The molecule has 1 aliphatic heterocycles. The van der Waals surface area contributed by atoms with Crippen LogP contribution in [0.2, 0.25) is 0 Å². The summed E-state index contributed by atoms with van der Waals surface area (Å²) >= 11 is 0. The molecule has 0 bridgehead atoms. The number of piperidine rings is 1. The number of anilines is 1. The van der Waals surface area contributed by atoms with E-state index in [-0.39, 0.29) is 11.6 Å². The van der Waals surface area contributed by atoms with Crippen molar-refractivity contribution in [3.05, 3.63) is 22.7 Å². The van der Waals surface area contributed by atoms with Crippen molar-refractivity contribution in [2.75, 3.05) is 31.1 Å². The summed E-state index contributed by atoms with van der Waals surface area (Å²) in [5.74, 6) is -3.05. The molecular formula is C14H21F2N5O3. The summed E-state index contributed by atoms with van der Waals surface area (Å²) in [5, 5.41) is 13.1. The van der Waals surface area contributed by atoms with Crippen LogP contribution in [0.15, 0.2) is 17.2 Å². The number of urea groups is 1. The number of aliphatic hydroxyl groups is 1. The quantitative estimate of drug-likeness (QED) is 0.679. The Labute approximate surface area is 137 Å². The first-order valence-corrected chi connectivity index (χ1v) is 7.62. The first kappa shape index (κ1) is 18.1. The van der Waals surface area contributed by atoms with Crippen molar-refractivity contribution in [1.29, 1.82) is 0 Å². The van der Waals surface area contributed by atoms with E-state index in [4.69, 9.17) is 5.11 Å². The summed E-state index contributed by atoms with van der Waals surface area (Å²) in [6.45, 7) is -1.26. The van der Waals surface area contributed by atoms with E-state index < -0.39 is 25.1 Å². The molecule has 1 saturated heterocycles. The van der Waals surface area contributed by atoms with Crippen LogP contribution in [0.1, 0.15) is 12.8 Å². The fourth-order valence-corrected chi connectivity index (χ4v) is 2.49. The predicted molar refractivity (Wildman–Crippen MR) is 83.3 cm³/mol. The van der Waals surface area contributed by atoms with E-state index in [1.165, 1.54) is 10.8 Å². The average molecular weight is 345 g/mol. The molecule has 8 nitrogen and oxygen atoms in total. The number of nitrogens with zero attached hydrogens (tertiary/aromatic N) is 3. The molecule has 0 spiro atoms. The van der Waals surface area contributed by atoms with Crippen molar-refractivity contribution in [2.45, 2.75) is 24.8 Å². The van der Waals surface area contributed by atoms with Crippen LogP contribution >= 0.6 is 0 Å². The van der Waals surface area contributed by atoms with Crippen molar-refractivity contribution in [1.82, 2.24) is 20.2 Å². The molecule has 1 fully saturated rings. The lowest BCUT2D eigenvalue weighted by molar-refractivity contribution is -0.0454. The zero-order valence-corrected chi connectivity index (χ0v) is 13.3. The lowest BCUT2D eigenvalue weighted by atomic mass is 10.1. The van der Waals surface area contributed by atoms with Crippen LogP contribution in [-0.2, 0) is 7.05 Å². The third-order valence-electron chi connectivity index (χ3n) is 3.79. The number of aliphatic hydroxyl groups excluding tert-OH is 1. The summed E-state index contributed by atoms with van der Waals surface area (Å²) < 4.78 is 27.2. The molecule has 2 rings (SSSR count). The Hall–Kier alpha value is -2.23. The smallest absolute Gasteiger partial charge is 0.315 e. The van der Waals surface area contributed by atoms with Gasteiger partial charge in [-0.25, -0.2) is 18.6 Å². The molecule has 2 heterocycles. The number of amides is 2. The van der Waals surface area contributed by atoms with Crippen molar-refractivity contribution in [2.24, 2.45) is 7.05 Å². The van der Waals surface area contributed by atoms with E-state index in [0.717, 1.165) is 6.42 Å². The van der Waals surface area contributed by atoms with E-state index in [0.29, 0.717) is 25.3 Å². The van der Waals surface area contributed by atoms with Gasteiger partial charge in [0.25, 0.3) is 11.5 Å². The number of hydrogen-bond donors (Lipinski definition) is 3. The fraction of sp³-hybridized carbons (Fsp3) is 0.643. The number of rotatable bonds is 5. The molecule has 0 aliphatic carbocycles. The minimum atomic E-state index is -3.35. The summed E-state index contributed by atoms with van der Waals surface area (Å²) in [5.41, 5.74) is -0.231. The van der Waals surface area contributed by atoms with E-state index in [1.54, 1.807) is 18.1 Å². The van der Waals surface area contributed by atoms with Gasteiger partial charge < -0.3 is 25.2 Å². The number of nitrogens with one attached hydrogen (secondary N) is 2. The Balaban J connectivity index is 1.92. The highest BCUT2D eigenvalue weighted by Crippen LogP contribution is 2.14. The van der Waals surface area contributed by atoms with E-state index in [9.17, 15) is 18.4 Å². The largest absolute Gasteiger partial charge is 0.390 e. The zero-order valence-electron chi connectivity index (χ0n) is 13.3. The molecule has 1 aliphatic rings. The van der Waals surface area contributed by atoms with Gasteiger partial charge in [-0.2, -0.15) is 0 Å². The van der Waals surface area contributed by atoms with Gasteiger partial charge in [0.05, 0.1) is 6.54 Å². The van der Waals surface area contributed by atoms with E-state index in [1.807, 2.05) is 5.32 Å².